The van der Waals surface area contributed by atoms with Crippen molar-refractivity contribution in [3.05, 3.63) is 35.9 Å². The third-order valence-electron chi connectivity index (χ3n) is 3.37. The predicted octanol–water partition coefficient (Wildman–Crippen LogP) is 2.33. The predicted molar refractivity (Wildman–Crippen MR) is 61.4 cm³/mol. The van der Waals surface area contributed by atoms with Crippen molar-refractivity contribution in [3.8, 4) is 0 Å². The Morgan fingerprint density at radius 3 is 2.47 bits per heavy atom. The topological polar surface area (TPSA) is 35.2 Å². The third kappa shape index (κ3) is 2.58. The number of ether oxygens (including phenoxy) is 1. The van der Waals surface area contributed by atoms with Gasteiger partial charge in [-0.2, -0.15) is 0 Å². The van der Waals surface area contributed by atoms with E-state index in [1.54, 1.807) is 0 Å². The summed E-state index contributed by atoms with van der Waals surface area (Å²) in [6.07, 6.45) is 3.78. The highest BCUT2D eigenvalue weighted by Crippen LogP contribution is 2.40. The summed E-state index contributed by atoms with van der Waals surface area (Å²) in [6.45, 7) is 2.29. The monoisotopic (exact) mass is 205 g/mol. The van der Waals surface area contributed by atoms with Gasteiger partial charge in [0, 0.05) is 12.0 Å². The van der Waals surface area contributed by atoms with Crippen molar-refractivity contribution >= 4 is 0 Å². The van der Waals surface area contributed by atoms with Crippen LogP contribution in [0, 0.1) is 5.41 Å². The molecule has 1 fully saturated rings. The maximum Gasteiger partial charge on any atom is 0.0717 e. The maximum atomic E-state index is 5.77. The Labute approximate surface area is 91.4 Å². The molecular formula is C13H19NO. The normalized spacial score (nSPS) is 18.5. The van der Waals surface area contributed by atoms with Crippen LogP contribution >= 0.6 is 0 Å². The average Bonchev–Trinajstić information content (AvgIpc) is 2.24. The molecule has 1 saturated carbocycles. The Morgan fingerprint density at radius 2 is 1.93 bits per heavy atom. The summed E-state index contributed by atoms with van der Waals surface area (Å²) in [5.41, 5.74) is 7.31. The summed E-state index contributed by atoms with van der Waals surface area (Å²) in [5, 5.41) is 0. The number of hydrogen-bond donors (Lipinski definition) is 1. The van der Waals surface area contributed by atoms with Crippen LogP contribution in [0.15, 0.2) is 30.3 Å². The fraction of sp³-hybridized carbons (Fsp3) is 0.538. The fourth-order valence-electron chi connectivity index (χ4n) is 2.04. The van der Waals surface area contributed by atoms with Crippen molar-refractivity contribution in [1.82, 2.24) is 0 Å². The van der Waals surface area contributed by atoms with Crippen LogP contribution in [0.2, 0.25) is 0 Å². The smallest absolute Gasteiger partial charge is 0.0717 e. The second-order valence-corrected chi connectivity index (χ2v) is 4.54. The van der Waals surface area contributed by atoms with Gasteiger partial charge in [-0.1, -0.05) is 36.8 Å². The molecule has 0 radical (unpaired) electrons. The molecule has 0 spiro atoms. The van der Waals surface area contributed by atoms with E-state index < -0.39 is 0 Å². The molecule has 0 aromatic heterocycles. The average molecular weight is 205 g/mol. The van der Waals surface area contributed by atoms with Crippen molar-refractivity contribution in [3.63, 3.8) is 0 Å². The highest BCUT2D eigenvalue weighted by molar-refractivity contribution is 5.13. The highest BCUT2D eigenvalue weighted by atomic mass is 16.5. The molecule has 2 heteroatoms. The highest BCUT2D eigenvalue weighted by Gasteiger charge is 2.35. The Morgan fingerprint density at radius 1 is 1.20 bits per heavy atom. The molecule has 0 saturated heterocycles. The molecule has 82 valence electrons. The molecule has 1 aliphatic rings. The number of nitrogens with two attached hydrogens (primary N) is 1. The van der Waals surface area contributed by atoms with Crippen LogP contribution < -0.4 is 5.73 Å². The molecule has 0 amide bonds. The first-order valence-electron chi connectivity index (χ1n) is 5.66. The van der Waals surface area contributed by atoms with Crippen molar-refractivity contribution in [2.75, 3.05) is 13.2 Å². The van der Waals surface area contributed by atoms with E-state index in [9.17, 15) is 0 Å². The number of hydrogen-bond acceptors (Lipinski definition) is 2. The lowest BCUT2D eigenvalue weighted by Gasteiger charge is -2.40. The number of rotatable bonds is 5. The van der Waals surface area contributed by atoms with E-state index in [4.69, 9.17) is 10.5 Å². The van der Waals surface area contributed by atoms with Crippen molar-refractivity contribution < 1.29 is 4.74 Å². The zero-order chi connectivity index (χ0) is 10.6. The van der Waals surface area contributed by atoms with Crippen LogP contribution in [0.3, 0.4) is 0 Å². The molecule has 0 unspecified atom stereocenters. The minimum Gasteiger partial charge on any atom is -0.376 e. The second kappa shape index (κ2) is 4.77. The summed E-state index contributed by atoms with van der Waals surface area (Å²) < 4.78 is 5.74. The first-order chi connectivity index (χ1) is 7.35. The Kier molecular flexibility index (Phi) is 3.39. The summed E-state index contributed by atoms with van der Waals surface area (Å²) in [5.74, 6) is 0. The van der Waals surface area contributed by atoms with E-state index in [0.29, 0.717) is 12.0 Å². The fourth-order valence-corrected chi connectivity index (χ4v) is 2.04. The van der Waals surface area contributed by atoms with Gasteiger partial charge in [-0.3, -0.25) is 0 Å². The molecule has 2 nitrogen and oxygen atoms in total. The third-order valence-corrected chi connectivity index (χ3v) is 3.37. The van der Waals surface area contributed by atoms with Gasteiger partial charge in [-0.05, 0) is 18.4 Å². The Hall–Kier alpha value is -0.860. The van der Waals surface area contributed by atoms with E-state index >= 15 is 0 Å². The van der Waals surface area contributed by atoms with E-state index in [1.165, 1.54) is 24.8 Å². The molecule has 0 heterocycles. The molecule has 1 aromatic carbocycles. The Balaban J connectivity index is 1.75. The Bertz CT molecular complexity index is 287. The largest absolute Gasteiger partial charge is 0.376 e. The van der Waals surface area contributed by atoms with Crippen LogP contribution in [-0.4, -0.2) is 13.2 Å². The van der Waals surface area contributed by atoms with Crippen molar-refractivity contribution in [2.24, 2.45) is 11.1 Å². The molecule has 2 N–H and O–H groups in total. The molecule has 0 aliphatic heterocycles. The van der Waals surface area contributed by atoms with Crippen molar-refractivity contribution in [1.29, 1.82) is 0 Å². The first-order valence-corrected chi connectivity index (χ1v) is 5.66. The minimum atomic E-state index is 0.300. The minimum absolute atomic E-state index is 0.300. The van der Waals surface area contributed by atoms with E-state index in [2.05, 4.69) is 12.1 Å². The van der Waals surface area contributed by atoms with Crippen LogP contribution in [0.5, 0.6) is 0 Å². The molecule has 1 aliphatic carbocycles. The summed E-state index contributed by atoms with van der Waals surface area (Å²) in [4.78, 5) is 0. The van der Waals surface area contributed by atoms with Gasteiger partial charge in [0.2, 0.25) is 0 Å². The van der Waals surface area contributed by atoms with Crippen molar-refractivity contribution in [2.45, 2.75) is 25.9 Å². The summed E-state index contributed by atoms with van der Waals surface area (Å²) >= 11 is 0. The van der Waals surface area contributed by atoms with Crippen LogP contribution in [0.25, 0.3) is 0 Å². The maximum absolute atomic E-state index is 5.77. The zero-order valence-electron chi connectivity index (χ0n) is 9.11. The van der Waals surface area contributed by atoms with Gasteiger partial charge in [-0.15, -0.1) is 0 Å². The van der Waals surface area contributed by atoms with Crippen LogP contribution in [-0.2, 0) is 11.3 Å². The first kappa shape index (κ1) is 10.7. The van der Waals surface area contributed by atoms with Crippen LogP contribution in [0.4, 0.5) is 0 Å². The van der Waals surface area contributed by atoms with Gasteiger partial charge in [-0.25, -0.2) is 0 Å². The van der Waals surface area contributed by atoms with E-state index in [-0.39, 0.29) is 0 Å². The summed E-state index contributed by atoms with van der Waals surface area (Å²) in [6, 6.07) is 10.3. The molecule has 0 bridgehead atoms. The molecule has 1 aromatic rings. The second-order valence-electron chi connectivity index (χ2n) is 4.54. The van der Waals surface area contributed by atoms with Crippen LogP contribution in [0.1, 0.15) is 24.8 Å². The lowest BCUT2D eigenvalue weighted by Crippen LogP contribution is -2.41. The quantitative estimate of drug-likeness (QED) is 0.800. The molecule has 15 heavy (non-hydrogen) atoms. The molecule has 0 atom stereocenters. The van der Waals surface area contributed by atoms with Gasteiger partial charge < -0.3 is 10.5 Å². The van der Waals surface area contributed by atoms with Gasteiger partial charge >= 0.3 is 0 Å². The van der Waals surface area contributed by atoms with E-state index in [0.717, 1.165) is 13.2 Å². The van der Waals surface area contributed by atoms with E-state index in [1.807, 2.05) is 18.2 Å². The summed E-state index contributed by atoms with van der Waals surface area (Å²) in [7, 11) is 0. The van der Waals surface area contributed by atoms with Gasteiger partial charge in [0.25, 0.3) is 0 Å². The zero-order valence-corrected chi connectivity index (χ0v) is 9.11. The van der Waals surface area contributed by atoms with Gasteiger partial charge in [0.1, 0.15) is 0 Å². The molecular weight excluding hydrogens is 186 g/mol. The standard InChI is InChI=1S/C13H19NO/c14-10-13(7-4-8-13)11-15-9-12-5-2-1-3-6-12/h1-3,5-6H,4,7-11,14H2. The number of benzene rings is 1. The lowest BCUT2D eigenvalue weighted by atomic mass is 9.69. The molecule has 2 rings (SSSR count). The van der Waals surface area contributed by atoms with Gasteiger partial charge in [0.15, 0.2) is 0 Å². The lowest BCUT2D eigenvalue weighted by molar-refractivity contribution is -0.00766. The van der Waals surface area contributed by atoms with Gasteiger partial charge in [0.05, 0.1) is 13.2 Å². The SMILES string of the molecule is NCC1(COCc2ccccc2)CCC1.